The summed E-state index contributed by atoms with van der Waals surface area (Å²) in [5.74, 6) is -3.43. The van der Waals surface area contributed by atoms with Crippen LogP contribution in [0.3, 0.4) is 0 Å². The summed E-state index contributed by atoms with van der Waals surface area (Å²) in [5, 5.41) is 19.5. The van der Waals surface area contributed by atoms with E-state index >= 15 is 0 Å². The Bertz CT molecular complexity index is 397. The van der Waals surface area contributed by atoms with Gasteiger partial charge in [-0.15, -0.1) is 0 Å². The summed E-state index contributed by atoms with van der Waals surface area (Å²) in [7, 11) is 0. The number of carbonyl (C=O) groups is 4. The van der Waals surface area contributed by atoms with E-state index in [0.717, 1.165) is 4.90 Å². The average molecular weight is 304 g/mol. The Morgan fingerprint density at radius 1 is 1.19 bits per heavy atom. The molecular weight excluding hydrogens is 284 g/mol. The van der Waals surface area contributed by atoms with Crippen LogP contribution < -0.4 is 5.32 Å². The van der Waals surface area contributed by atoms with Crippen LogP contribution in [0.4, 0.5) is 4.79 Å². The Morgan fingerprint density at radius 3 is 2.24 bits per heavy atom. The molecule has 120 valence electrons. The van der Waals surface area contributed by atoms with Crippen molar-refractivity contribution in [3.05, 3.63) is 0 Å². The molecule has 3 N–H and O–H groups in total. The number of nitrogens with zero attached hydrogens (tertiary/aromatic N) is 1. The number of hydrogen-bond acceptors (Lipinski definition) is 5. The summed E-state index contributed by atoms with van der Waals surface area (Å²) in [5.41, 5.74) is 0. The van der Waals surface area contributed by atoms with Gasteiger partial charge in [-0.05, 0) is 13.3 Å². The second-order valence-corrected chi connectivity index (χ2v) is 4.16. The lowest BCUT2D eigenvalue weighted by molar-refractivity contribution is -0.145. The largest absolute Gasteiger partial charge is 0.481 e. The molecular formula is C12H20N2O7. The number of rotatable bonds is 9. The molecule has 0 saturated carbocycles. The third kappa shape index (κ3) is 7.75. The number of carbonyl (C=O) groups excluding carboxylic acids is 2. The summed E-state index contributed by atoms with van der Waals surface area (Å²) in [6.45, 7) is 3.45. The van der Waals surface area contributed by atoms with Crippen molar-refractivity contribution < 1.29 is 34.1 Å². The minimum absolute atomic E-state index is 0.164. The van der Waals surface area contributed by atoms with Crippen LogP contribution in [0.15, 0.2) is 0 Å². The van der Waals surface area contributed by atoms with Crippen molar-refractivity contribution in [2.24, 2.45) is 0 Å². The molecule has 0 spiro atoms. The minimum Gasteiger partial charge on any atom is -0.481 e. The number of ether oxygens (including phenoxy) is 1. The van der Waals surface area contributed by atoms with Gasteiger partial charge in [0.1, 0.15) is 12.6 Å². The topological polar surface area (TPSA) is 133 Å². The van der Waals surface area contributed by atoms with Gasteiger partial charge >= 0.3 is 23.9 Å². The molecule has 0 rings (SSSR count). The van der Waals surface area contributed by atoms with Gasteiger partial charge in [0.2, 0.25) is 0 Å². The number of carboxylic acid groups (broad SMARTS) is 2. The second kappa shape index (κ2) is 9.56. The number of urea groups is 1. The Morgan fingerprint density at radius 2 is 1.81 bits per heavy atom. The summed E-state index contributed by atoms with van der Waals surface area (Å²) in [4.78, 5) is 45.8. The van der Waals surface area contributed by atoms with Crippen LogP contribution in [-0.4, -0.2) is 64.8 Å². The SMILES string of the molecule is CCCN(CC(=O)OCC)C(=O)NC(CC(=O)O)C(=O)O. The van der Waals surface area contributed by atoms with E-state index in [9.17, 15) is 19.2 Å². The average Bonchev–Trinajstić information content (AvgIpc) is 2.36. The molecule has 9 nitrogen and oxygen atoms in total. The lowest BCUT2D eigenvalue weighted by atomic mass is 10.2. The van der Waals surface area contributed by atoms with Gasteiger partial charge in [0.25, 0.3) is 0 Å². The smallest absolute Gasteiger partial charge is 0.326 e. The highest BCUT2D eigenvalue weighted by molar-refractivity contribution is 5.87. The maximum atomic E-state index is 11.9. The molecule has 0 aromatic carbocycles. The quantitative estimate of drug-likeness (QED) is 0.506. The molecule has 0 heterocycles. The molecule has 0 aliphatic rings. The maximum absolute atomic E-state index is 11.9. The van der Waals surface area contributed by atoms with Crippen LogP contribution in [0, 0.1) is 0 Å². The van der Waals surface area contributed by atoms with Crippen molar-refractivity contribution in [1.82, 2.24) is 10.2 Å². The number of esters is 1. The molecule has 1 unspecified atom stereocenters. The Labute approximate surface area is 121 Å². The molecule has 0 radical (unpaired) electrons. The van der Waals surface area contributed by atoms with Gasteiger partial charge < -0.3 is 25.2 Å². The van der Waals surface area contributed by atoms with E-state index in [1.165, 1.54) is 0 Å². The fraction of sp³-hybridized carbons (Fsp3) is 0.667. The van der Waals surface area contributed by atoms with Gasteiger partial charge in [0, 0.05) is 6.54 Å². The van der Waals surface area contributed by atoms with Gasteiger partial charge in [-0.2, -0.15) is 0 Å². The molecule has 0 aliphatic carbocycles. The summed E-state index contributed by atoms with van der Waals surface area (Å²) in [6.07, 6.45) is -0.204. The maximum Gasteiger partial charge on any atom is 0.326 e. The first-order valence-electron chi connectivity index (χ1n) is 6.47. The van der Waals surface area contributed by atoms with E-state index in [1.807, 2.05) is 0 Å². The lowest BCUT2D eigenvalue weighted by Crippen LogP contribution is -2.50. The zero-order chi connectivity index (χ0) is 16.4. The highest BCUT2D eigenvalue weighted by Gasteiger charge is 2.26. The van der Waals surface area contributed by atoms with E-state index in [4.69, 9.17) is 14.9 Å². The lowest BCUT2D eigenvalue weighted by Gasteiger charge is -2.23. The van der Waals surface area contributed by atoms with Gasteiger partial charge in [-0.3, -0.25) is 9.59 Å². The van der Waals surface area contributed by atoms with Crippen LogP contribution in [-0.2, 0) is 19.1 Å². The number of hydrogen-bond donors (Lipinski definition) is 3. The molecule has 0 aliphatic heterocycles. The fourth-order valence-electron chi connectivity index (χ4n) is 1.50. The fourth-order valence-corrected chi connectivity index (χ4v) is 1.50. The van der Waals surface area contributed by atoms with E-state index < -0.39 is 36.4 Å². The molecule has 0 aromatic rings. The Kier molecular flexibility index (Phi) is 8.51. The molecule has 0 bridgehead atoms. The van der Waals surface area contributed by atoms with Crippen molar-refractivity contribution >= 4 is 23.9 Å². The highest BCUT2D eigenvalue weighted by atomic mass is 16.5. The third-order valence-corrected chi connectivity index (χ3v) is 2.38. The second-order valence-electron chi connectivity index (χ2n) is 4.16. The molecule has 9 heteroatoms. The van der Waals surface area contributed by atoms with Gasteiger partial charge in [0.15, 0.2) is 0 Å². The first-order chi connectivity index (χ1) is 9.81. The van der Waals surface area contributed by atoms with Gasteiger partial charge in [-0.1, -0.05) is 6.92 Å². The number of amides is 2. The van der Waals surface area contributed by atoms with E-state index in [2.05, 4.69) is 5.32 Å². The first-order valence-corrected chi connectivity index (χ1v) is 6.47. The zero-order valence-electron chi connectivity index (χ0n) is 12.0. The number of carboxylic acids is 2. The summed E-state index contributed by atoms with van der Waals surface area (Å²) in [6, 6.07) is -2.38. The number of nitrogens with one attached hydrogen (secondary N) is 1. The van der Waals surface area contributed by atoms with Gasteiger partial charge in [0.05, 0.1) is 13.0 Å². The van der Waals surface area contributed by atoms with Crippen molar-refractivity contribution in [2.75, 3.05) is 19.7 Å². The van der Waals surface area contributed by atoms with Crippen LogP contribution in [0.25, 0.3) is 0 Å². The zero-order valence-corrected chi connectivity index (χ0v) is 12.0. The normalized spacial score (nSPS) is 11.3. The minimum atomic E-state index is -1.56. The van der Waals surface area contributed by atoms with E-state index in [-0.39, 0.29) is 19.7 Å². The molecule has 21 heavy (non-hydrogen) atoms. The summed E-state index contributed by atoms with van der Waals surface area (Å²) >= 11 is 0. The predicted molar refractivity (Wildman–Crippen MR) is 70.7 cm³/mol. The van der Waals surface area contributed by atoms with Crippen LogP contribution >= 0.6 is 0 Å². The van der Waals surface area contributed by atoms with Crippen LogP contribution in [0.1, 0.15) is 26.7 Å². The molecule has 2 amide bonds. The highest BCUT2D eigenvalue weighted by Crippen LogP contribution is 1.99. The van der Waals surface area contributed by atoms with E-state index in [1.54, 1.807) is 13.8 Å². The Balaban J connectivity index is 4.74. The van der Waals surface area contributed by atoms with Crippen molar-refractivity contribution in [3.63, 3.8) is 0 Å². The van der Waals surface area contributed by atoms with Crippen molar-refractivity contribution in [2.45, 2.75) is 32.7 Å². The standard InChI is InChI=1S/C12H20N2O7/c1-3-5-14(7-10(17)21-4-2)12(20)13-8(11(18)19)6-9(15)16/h8H,3-7H2,1-2H3,(H,13,20)(H,15,16)(H,18,19). The third-order valence-electron chi connectivity index (χ3n) is 2.38. The Hall–Kier alpha value is -2.32. The van der Waals surface area contributed by atoms with Crippen LogP contribution in [0.5, 0.6) is 0 Å². The van der Waals surface area contributed by atoms with Crippen molar-refractivity contribution in [1.29, 1.82) is 0 Å². The van der Waals surface area contributed by atoms with E-state index in [0.29, 0.717) is 6.42 Å². The van der Waals surface area contributed by atoms with Crippen molar-refractivity contribution in [3.8, 4) is 0 Å². The molecule has 1 atom stereocenters. The van der Waals surface area contributed by atoms with Crippen LogP contribution in [0.2, 0.25) is 0 Å². The monoisotopic (exact) mass is 304 g/mol. The number of aliphatic carboxylic acids is 2. The first kappa shape index (κ1) is 18.7. The summed E-state index contributed by atoms with van der Waals surface area (Å²) < 4.78 is 4.71. The molecule has 0 saturated heterocycles. The predicted octanol–water partition coefficient (Wildman–Crippen LogP) is -0.101. The van der Waals surface area contributed by atoms with Gasteiger partial charge in [-0.25, -0.2) is 9.59 Å². The molecule has 0 aromatic heterocycles. The molecule has 0 fully saturated rings.